The van der Waals surface area contributed by atoms with Crippen molar-refractivity contribution in [2.24, 2.45) is 0 Å². The Labute approximate surface area is 165 Å². The fraction of sp³-hybridized carbons (Fsp3) is 0.190. The van der Waals surface area contributed by atoms with Gasteiger partial charge in [0.15, 0.2) is 0 Å². The van der Waals surface area contributed by atoms with Crippen LogP contribution in [0.1, 0.15) is 11.1 Å². The molecule has 0 amide bonds. The lowest BCUT2D eigenvalue weighted by Crippen LogP contribution is -2.14. The summed E-state index contributed by atoms with van der Waals surface area (Å²) in [5.41, 5.74) is 2.31. The van der Waals surface area contributed by atoms with Crippen molar-refractivity contribution in [3.05, 3.63) is 78.0 Å². The lowest BCUT2D eigenvalue weighted by molar-refractivity contribution is 0.414. The lowest BCUT2D eigenvalue weighted by atomic mass is 10.1. The molecule has 7 heteroatoms. The summed E-state index contributed by atoms with van der Waals surface area (Å²) in [6.07, 6.45) is 2.35. The van der Waals surface area contributed by atoms with Gasteiger partial charge in [-0.05, 0) is 54.8 Å². The first-order valence-corrected chi connectivity index (χ1v) is 10.4. The number of hydrogen-bond donors (Lipinski definition) is 2. The van der Waals surface area contributed by atoms with Gasteiger partial charge in [-0.15, -0.1) is 0 Å². The second kappa shape index (κ2) is 8.75. The fourth-order valence-corrected chi connectivity index (χ4v) is 4.04. The van der Waals surface area contributed by atoms with E-state index in [4.69, 9.17) is 4.74 Å². The van der Waals surface area contributed by atoms with Gasteiger partial charge in [0.2, 0.25) is 0 Å². The van der Waals surface area contributed by atoms with Crippen LogP contribution in [0.25, 0.3) is 0 Å². The molecule has 1 heterocycles. The van der Waals surface area contributed by atoms with Crippen LogP contribution in [0.2, 0.25) is 0 Å². The monoisotopic (exact) mass is 397 g/mol. The van der Waals surface area contributed by atoms with Gasteiger partial charge in [-0.2, -0.15) is 0 Å². The molecule has 3 aromatic rings. The summed E-state index contributed by atoms with van der Waals surface area (Å²) in [7, 11) is -1.99. The Morgan fingerprint density at radius 3 is 2.39 bits per heavy atom. The maximum absolute atomic E-state index is 12.5. The zero-order chi connectivity index (χ0) is 20.0. The molecule has 0 aliphatic rings. The molecule has 2 N–H and O–H groups in total. The molecule has 0 aliphatic heterocycles. The summed E-state index contributed by atoms with van der Waals surface area (Å²) in [4.78, 5) is 4.54. The quantitative estimate of drug-likeness (QED) is 0.603. The van der Waals surface area contributed by atoms with Gasteiger partial charge in [-0.25, -0.2) is 13.4 Å². The number of aromatic nitrogens is 1. The highest BCUT2D eigenvalue weighted by molar-refractivity contribution is 7.92. The molecule has 0 fully saturated rings. The number of rotatable bonds is 8. The molecule has 3 rings (SSSR count). The van der Waals surface area contributed by atoms with Crippen molar-refractivity contribution in [2.45, 2.75) is 18.2 Å². The second-order valence-electron chi connectivity index (χ2n) is 6.33. The second-order valence-corrected chi connectivity index (χ2v) is 7.98. The summed E-state index contributed by atoms with van der Waals surface area (Å²) < 4.78 is 32.8. The van der Waals surface area contributed by atoms with Gasteiger partial charge in [0.1, 0.15) is 11.6 Å². The largest absolute Gasteiger partial charge is 0.497 e. The SMILES string of the molecule is COc1ccc(CCNc2ccc(NS(=O)(=O)c3ccccc3C)cn2)cc1. The number of nitrogens with one attached hydrogen (secondary N) is 2. The normalized spacial score (nSPS) is 11.1. The van der Waals surface area contributed by atoms with E-state index in [0.29, 0.717) is 23.6 Å². The average molecular weight is 398 g/mol. The average Bonchev–Trinajstić information content (AvgIpc) is 2.70. The van der Waals surface area contributed by atoms with E-state index in [1.807, 2.05) is 30.3 Å². The van der Waals surface area contributed by atoms with E-state index in [9.17, 15) is 8.42 Å². The van der Waals surface area contributed by atoms with Gasteiger partial charge >= 0.3 is 0 Å². The molecule has 2 aromatic carbocycles. The Morgan fingerprint density at radius 1 is 1.00 bits per heavy atom. The molecule has 6 nitrogen and oxygen atoms in total. The Bertz CT molecular complexity index is 1020. The zero-order valence-corrected chi connectivity index (χ0v) is 16.7. The third-order valence-electron chi connectivity index (χ3n) is 4.28. The molecule has 0 spiro atoms. The first-order valence-electron chi connectivity index (χ1n) is 8.89. The summed E-state index contributed by atoms with van der Waals surface area (Å²) in [6, 6.07) is 18.2. The molecule has 0 aliphatic carbocycles. The Balaban J connectivity index is 1.56. The van der Waals surface area contributed by atoms with Crippen LogP contribution >= 0.6 is 0 Å². The minimum absolute atomic E-state index is 0.261. The lowest BCUT2D eigenvalue weighted by Gasteiger charge is -2.11. The molecule has 146 valence electrons. The molecule has 0 unspecified atom stereocenters. The third-order valence-corrected chi connectivity index (χ3v) is 5.82. The predicted octanol–water partition coefficient (Wildman–Crippen LogP) is 3.85. The van der Waals surface area contributed by atoms with Gasteiger partial charge in [0, 0.05) is 6.54 Å². The smallest absolute Gasteiger partial charge is 0.262 e. The Kier molecular flexibility index (Phi) is 6.16. The number of anilines is 2. The fourth-order valence-electron chi connectivity index (χ4n) is 2.75. The van der Waals surface area contributed by atoms with Crippen LogP contribution < -0.4 is 14.8 Å². The van der Waals surface area contributed by atoms with E-state index in [2.05, 4.69) is 15.0 Å². The van der Waals surface area contributed by atoms with Crippen LogP contribution in [-0.4, -0.2) is 27.1 Å². The van der Waals surface area contributed by atoms with Crippen molar-refractivity contribution in [2.75, 3.05) is 23.7 Å². The van der Waals surface area contributed by atoms with Crippen molar-refractivity contribution < 1.29 is 13.2 Å². The van der Waals surface area contributed by atoms with Crippen molar-refractivity contribution in [3.8, 4) is 5.75 Å². The number of nitrogens with zero attached hydrogens (tertiary/aromatic N) is 1. The molecule has 28 heavy (non-hydrogen) atoms. The highest BCUT2D eigenvalue weighted by Gasteiger charge is 2.16. The Morgan fingerprint density at radius 2 is 1.75 bits per heavy atom. The van der Waals surface area contributed by atoms with Gasteiger partial charge in [-0.3, -0.25) is 4.72 Å². The number of benzene rings is 2. The number of pyridine rings is 1. The molecule has 0 saturated heterocycles. The minimum Gasteiger partial charge on any atom is -0.497 e. The zero-order valence-electron chi connectivity index (χ0n) is 15.8. The highest BCUT2D eigenvalue weighted by Crippen LogP contribution is 2.19. The standard InChI is InChI=1S/C21H23N3O3S/c1-16-5-3-4-6-20(16)28(25,26)24-18-9-12-21(23-15-18)22-14-13-17-7-10-19(27-2)11-8-17/h3-12,15,24H,13-14H2,1-2H3,(H,22,23). The van der Waals surface area contributed by atoms with E-state index in [-0.39, 0.29) is 4.90 Å². The maximum Gasteiger partial charge on any atom is 0.262 e. The van der Waals surface area contributed by atoms with Crippen molar-refractivity contribution in [1.82, 2.24) is 4.98 Å². The summed E-state index contributed by atoms with van der Waals surface area (Å²) in [5.74, 6) is 1.52. The van der Waals surface area contributed by atoms with Crippen LogP contribution in [-0.2, 0) is 16.4 Å². The number of ether oxygens (including phenoxy) is 1. The van der Waals surface area contributed by atoms with Gasteiger partial charge in [0.05, 0.1) is 23.9 Å². The molecular formula is C21H23N3O3S. The van der Waals surface area contributed by atoms with Crippen molar-refractivity contribution in [1.29, 1.82) is 0 Å². The molecule has 0 bridgehead atoms. The van der Waals surface area contributed by atoms with E-state index in [1.165, 1.54) is 11.8 Å². The molecule has 1 aromatic heterocycles. The van der Waals surface area contributed by atoms with Gasteiger partial charge in [-0.1, -0.05) is 30.3 Å². The van der Waals surface area contributed by atoms with Gasteiger partial charge in [0.25, 0.3) is 10.0 Å². The molecule has 0 radical (unpaired) electrons. The van der Waals surface area contributed by atoms with Crippen LogP contribution in [0.4, 0.5) is 11.5 Å². The number of sulfonamides is 1. The van der Waals surface area contributed by atoms with E-state index < -0.39 is 10.0 Å². The molecule has 0 saturated carbocycles. The first kappa shape index (κ1) is 19.7. The predicted molar refractivity (Wildman–Crippen MR) is 111 cm³/mol. The number of aryl methyl sites for hydroxylation is 1. The van der Waals surface area contributed by atoms with E-state index in [1.54, 1.807) is 44.4 Å². The summed E-state index contributed by atoms with van der Waals surface area (Å²) in [5, 5.41) is 3.23. The van der Waals surface area contributed by atoms with Gasteiger partial charge < -0.3 is 10.1 Å². The highest BCUT2D eigenvalue weighted by atomic mass is 32.2. The van der Waals surface area contributed by atoms with Crippen LogP contribution in [0.3, 0.4) is 0 Å². The number of hydrogen-bond acceptors (Lipinski definition) is 5. The van der Waals surface area contributed by atoms with Crippen LogP contribution in [0.15, 0.2) is 71.8 Å². The maximum atomic E-state index is 12.5. The van der Waals surface area contributed by atoms with Crippen molar-refractivity contribution >= 4 is 21.5 Å². The van der Waals surface area contributed by atoms with Crippen LogP contribution in [0.5, 0.6) is 5.75 Å². The molecular weight excluding hydrogens is 374 g/mol. The third kappa shape index (κ3) is 5.01. The summed E-state index contributed by atoms with van der Waals surface area (Å²) in [6.45, 7) is 2.48. The first-order chi connectivity index (χ1) is 13.5. The minimum atomic E-state index is -3.64. The topological polar surface area (TPSA) is 80.3 Å². The van der Waals surface area contributed by atoms with E-state index >= 15 is 0 Å². The van der Waals surface area contributed by atoms with E-state index in [0.717, 1.165) is 12.2 Å². The molecule has 0 atom stereocenters. The van der Waals surface area contributed by atoms with Crippen molar-refractivity contribution in [3.63, 3.8) is 0 Å². The number of methoxy groups -OCH3 is 1. The van der Waals surface area contributed by atoms with Crippen LogP contribution in [0, 0.1) is 6.92 Å². The summed E-state index contributed by atoms with van der Waals surface area (Å²) >= 11 is 0. The Hall–Kier alpha value is -3.06.